The van der Waals surface area contributed by atoms with Crippen LogP contribution in [0.15, 0.2) is 40.4 Å². The molecule has 1 aliphatic rings. The van der Waals surface area contributed by atoms with Gasteiger partial charge in [0, 0.05) is 5.57 Å². The molecular weight excluding hydrogens is 376 g/mol. The minimum atomic E-state index is -0.113. The van der Waals surface area contributed by atoms with Crippen molar-refractivity contribution in [2.24, 2.45) is 0 Å². The van der Waals surface area contributed by atoms with Gasteiger partial charge in [-0.3, -0.25) is 4.79 Å². The molecule has 124 valence electrons. The van der Waals surface area contributed by atoms with Gasteiger partial charge in [-0.1, -0.05) is 0 Å². The van der Waals surface area contributed by atoms with E-state index in [9.17, 15) is 9.90 Å². The molecule has 5 nitrogen and oxygen atoms in total. The summed E-state index contributed by atoms with van der Waals surface area (Å²) in [6, 6.07) is 8.50. The standard InChI is InChI=1S/C18H15BrO5/c1-22-12-3-4-15-13(8-12)17(20)11(9-24-15)5-10-6-14(19)18(21)16(7-10)23-2/h3-8,21H,9H2,1-2H3/b11-5-. The molecule has 0 atom stereocenters. The van der Waals surface area contributed by atoms with Crippen molar-refractivity contribution in [3.63, 3.8) is 0 Å². The quantitative estimate of drug-likeness (QED) is 0.806. The van der Waals surface area contributed by atoms with Crippen molar-refractivity contribution >= 4 is 27.8 Å². The van der Waals surface area contributed by atoms with Crippen molar-refractivity contribution in [3.8, 4) is 23.0 Å². The average Bonchev–Trinajstić information content (AvgIpc) is 2.60. The maximum Gasteiger partial charge on any atom is 0.196 e. The van der Waals surface area contributed by atoms with Gasteiger partial charge in [0.25, 0.3) is 0 Å². The highest BCUT2D eigenvalue weighted by Crippen LogP contribution is 2.37. The summed E-state index contributed by atoms with van der Waals surface area (Å²) < 4.78 is 16.4. The Morgan fingerprint density at radius 3 is 2.71 bits per heavy atom. The lowest BCUT2D eigenvalue weighted by molar-refractivity contribution is 0.100. The number of rotatable bonds is 3. The second-order valence-electron chi connectivity index (χ2n) is 5.20. The summed E-state index contributed by atoms with van der Waals surface area (Å²) in [5.74, 6) is 1.37. The van der Waals surface area contributed by atoms with Crippen LogP contribution in [0.1, 0.15) is 15.9 Å². The van der Waals surface area contributed by atoms with Gasteiger partial charge >= 0.3 is 0 Å². The van der Waals surface area contributed by atoms with Crippen LogP contribution in [0.25, 0.3) is 6.08 Å². The van der Waals surface area contributed by atoms with E-state index in [1.54, 1.807) is 43.5 Å². The first-order valence-corrected chi connectivity index (χ1v) is 7.95. The van der Waals surface area contributed by atoms with E-state index in [0.29, 0.717) is 32.9 Å². The molecule has 0 aromatic heterocycles. The molecule has 0 fully saturated rings. The summed E-state index contributed by atoms with van der Waals surface area (Å²) in [4.78, 5) is 12.7. The Kier molecular flexibility index (Phi) is 4.49. The Labute approximate surface area is 147 Å². The van der Waals surface area contributed by atoms with E-state index in [-0.39, 0.29) is 18.1 Å². The lowest BCUT2D eigenvalue weighted by atomic mass is 9.98. The van der Waals surface area contributed by atoms with Gasteiger partial charge in [0.05, 0.1) is 24.3 Å². The lowest BCUT2D eigenvalue weighted by Crippen LogP contribution is -2.19. The first kappa shape index (κ1) is 16.4. The highest BCUT2D eigenvalue weighted by molar-refractivity contribution is 9.10. The zero-order valence-electron chi connectivity index (χ0n) is 13.1. The molecule has 2 aromatic rings. The number of hydrogen-bond acceptors (Lipinski definition) is 5. The number of halogens is 1. The van der Waals surface area contributed by atoms with E-state index in [1.807, 2.05) is 0 Å². The molecule has 2 aromatic carbocycles. The molecule has 0 saturated heterocycles. The molecule has 1 aliphatic heterocycles. The third kappa shape index (κ3) is 2.97. The molecule has 0 amide bonds. The van der Waals surface area contributed by atoms with Crippen LogP contribution < -0.4 is 14.2 Å². The minimum Gasteiger partial charge on any atom is -0.503 e. The number of phenolic OH excluding ortho intramolecular Hbond substituents is 1. The number of aromatic hydroxyl groups is 1. The third-order valence-electron chi connectivity index (χ3n) is 3.72. The number of ketones is 1. The molecule has 0 radical (unpaired) electrons. The number of benzene rings is 2. The zero-order chi connectivity index (χ0) is 17.3. The van der Waals surface area contributed by atoms with Crippen LogP contribution in [0.4, 0.5) is 0 Å². The lowest BCUT2D eigenvalue weighted by Gasteiger charge is -2.19. The van der Waals surface area contributed by atoms with E-state index in [2.05, 4.69) is 15.9 Å². The Morgan fingerprint density at radius 2 is 2.00 bits per heavy atom. The fraction of sp³-hybridized carbons (Fsp3) is 0.167. The number of ether oxygens (including phenoxy) is 3. The van der Waals surface area contributed by atoms with Gasteiger partial charge in [0.15, 0.2) is 17.3 Å². The van der Waals surface area contributed by atoms with Gasteiger partial charge < -0.3 is 19.3 Å². The third-order valence-corrected chi connectivity index (χ3v) is 4.32. The molecule has 1 N–H and O–H groups in total. The molecule has 0 unspecified atom stereocenters. The number of hydrogen-bond donors (Lipinski definition) is 1. The van der Waals surface area contributed by atoms with E-state index in [1.165, 1.54) is 7.11 Å². The van der Waals surface area contributed by atoms with Crippen molar-refractivity contribution in [3.05, 3.63) is 51.5 Å². The predicted molar refractivity (Wildman–Crippen MR) is 93.2 cm³/mol. The van der Waals surface area contributed by atoms with E-state index >= 15 is 0 Å². The highest BCUT2D eigenvalue weighted by atomic mass is 79.9. The number of carbonyl (C=O) groups is 1. The van der Waals surface area contributed by atoms with Crippen LogP contribution >= 0.6 is 15.9 Å². The second-order valence-corrected chi connectivity index (χ2v) is 6.06. The molecule has 24 heavy (non-hydrogen) atoms. The number of methoxy groups -OCH3 is 2. The van der Waals surface area contributed by atoms with Crippen LogP contribution in [-0.4, -0.2) is 31.7 Å². The van der Waals surface area contributed by atoms with Gasteiger partial charge in [-0.2, -0.15) is 0 Å². The predicted octanol–water partition coefficient (Wildman–Crippen LogP) is 3.83. The number of phenols is 1. The molecule has 1 heterocycles. The van der Waals surface area contributed by atoms with Crippen LogP contribution in [0.3, 0.4) is 0 Å². The fourth-order valence-corrected chi connectivity index (χ4v) is 2.93. The summed E-state index contributed by atoms with van der Waals surface area (Å²) in [6.07, 6.45) is 1.72. The molecule has 0 bridgehead atoms. The first-order valence-electron chi connectivity index (χ1n) is 7.16. The van der Waals surface area contributed by atoms with E-state index in [0.717, 1.165) is 5.56 Å². The Bertz CT molecular complexity index is 842. The number of fused-ring (bicyclic) bond motifs is 1. The molecule has 6 heteroatoms. The Hall–Kier alpha value is -2.47. The summed E-state index contributed by atoms with van der Waals surface area (Å²) in [5, 5.41) is 9.87. The van der Waals surface area contributed by atoms with Crippen molar-refractivity contribution in [1.82, 2.24) is 0 Å². The van der Waals surface area contributed by atoms with Crippen LogP contribution in [-0.2, 0) is 0 Å². The van der Waals surface area contributed by atoms with Crippen LogP contribution in [0, 0.1) is 0 Å². The van der Waals surface area contributed by atoms with Gasteiger partial charge in [-0.25, -0.2) is 0 Å². The summed E-state index contributed by atoms with van der Waals surface area (Å²) in [5.41, 5.74) is 1.70. The smallest absolute Gasteiger partial charge is 0.196 e. The van der Waals surface area contributed by atoms with Crippen molar-refractivity contribution in [1.29, 1.82) is 0 Å². The van der Waals surface area contributed by atoms with Gasteiger partial charge in [0.2, 0.25) is 0 Å². The second kappa shape index (κ2) is 6.57. The summed E-state index contributed by atoms with van der Waals surface area (Å²) in [7, 11) is 3.02. The Morgan fingerprint density at radius 1 is 1.21 bits per heavy atom. The first-order chi connectivity index (χ1) is 11.5. The van der Waals surface area contributed by atoms with Crippen molar-refractivity contribution in [2.75, 3.05) is 20.8 Å². The average molecular weight is 391 g/mol. The molecule has 3 rings (SSSR count). The van der Waals surface area contributed by atoms with E-state index < -0.39 is 0 Å². The largest absolute Gasteiger partial charge is 0.503 e. The van der Waals surface area contributed by atoms with Crippen LogP contribution in [0.5, 0.6) is 23.0 Å². The minimum absolute atomic E-state index is 0.0148. The van der Waals surface area contributed by atoms with Crippen LogP contribution in [0.2, 0.25) is 0 Å². The van der Waals surface area contributed by atoms with Crippen molar-refractivity contribution in [2.45, 2.75) is 0 Å². The molecule has 0 saturated carbocycles. The zero-order valence-corrected chi connectivity index (χ0v) is 14.7. The molecular formula is C18H15BrO5. The molecule has 0 aliphatic carbocycles. The topological polar surface area (TPSA) is 65.0 Å². The molecule has 0 spiro atoms. The highest BCUT2D eigenvalue weighted by Gasteiger charge is 2.24. The SMILES string of the molecule is COc1ccc2c(c1)C(=O)/C(=C\c1cc(Br)c(O)c(OC)c1)CO2. The van der Waals surface area contributed by atoms with Gasteiger partial charge in [-0.15, -0.1) is 0 Å². The fourth-order valence-electron chi connectivity index (χ4n) is 2.47. The number of Topliss-reactive ketones (excluding diaryl/α,β-unsaturated/α-hetero) is 1. The van der Waals surface area contributed by atoms with Crippen molar-refractivity contribution < 1.29 is 24.1 Å². The van der Waals surface area contributed by atoms with Gasteiger partial charge in [0.1, 0.15) is 18.1 Å². The maximum atomic E-state index is 12.7. The normalized spacial score (nSPS) is 15.0. The number of carbonyl (C=O) groups excluding carboxylic acids is 1. The van der Waals surface area contributed by atoms with E-state index in [4.69, 9.17) is 14.2 Å². The maximum absolute atomic E-state index is 12.7. The monoisotopic (exact) mass is 390 g/mol. The Balaban J connectivity index is 2.00. The summed E-state index contributed by atoms with van der Waals surface area (Å²) in [6.45, 7) is 0.180. The van der Waals surface area contributed by atoms with Gasteiger partial charge in [-0.05, 0) is 57.9 Å². The summed E-state index contributed by atoms with van der Waals surface area (Å²) >= 11 is 3.27.